The SMILES string of the molecule is O=C(Nc1cccc(Cl)c1)Nc1nc(CCC(=O)N2CCN(c3ccccc3)CC2)cs1. The largest absolute Gasteiger partial charge is 0.368 e. The standard InChI is InChI=1S/C23H24ClN5O2S/c24-17-5-4-6-18(15-17)25-22(31)27-23-26-19(16-32-23)9-10-21(30)29-13-11-28(12-14-29)20-7-2-1-3-8-20/h1-8,15-16H,9-14H2,(H2,25,26,27,31). The molecule has 4 rings (SSSR count). The quantitative estimate of drug-likeness (QED) is 0.547. The number of aryl methyl sites for hydroxylation is 1. The fourth-order valence-corrected chi connectivity index (χ4v) is 4.48. The molecule has 2 aromatic carbocycles. The van der Waals surface area contributed by atoms with Crippen LogP contribution in [0.2, 0.25) is 5.02 Å². The molecule has 0 saturated carbocycles. The van der Waals surface area contributed by atoms with E-state index in [0.29, 0.717) is 28.7 Å². The third-order valence-corrected chi connectivity index (χ3v) is 6.25. The number of piperazine rings is 1. The van der Waals surface area contributed by atoms with Gasteiger partial charge in [0.05, 0.1) is 5.69 Å². The van der Waals surface area contributed by atoms with E-state index in [-0.39, 0.29) is 11.9 Å². The van der Waals surface area contributed by atoms with Crippen molar-refractivity contribution in [1.82, 2.24) is 9.88 Å². The number of rotatable bonds is 6. The minimum Gasteiger partial charge on any atom is -0.368 e. The Morgan fingerprint density at radius 1 is 1.00 bits per heavy atom. The first kappa shape index (κ1) is 22.1. The van der Waals surface area contributed by atoms with Crippen molar-refractivity contribution in [1.29, 1.82) is 0 Å². The van der Waals surface area contributed by atoms with Gasteiger partial charge in [-0.1, -0.05) is 35.9 Å². The molecule has 7 nitrogen and oxygen atoms in total. The van der Waals surface area contributed by atoms with Crippen molar-refractivity contribution in [3.8, 4) is 0 Å². The molecule has 1 saturated heterocycles. The molecule has 9 heteroatoms. The lowest BCUT2D eigenvalue weighted by Crippen LogP contribution is -2.48. The fourth-order valence-electron chi connectivity index (χ4n) is 3.55. The number of halogens is 1. The molecule has 0 spiro atoms. The molecule has 166 valence electrons. The molecular formula is C23H24ClN5O2S. The maximum atomic E-state index is 12.6. The number of amides is 3. The van der Waals surface area contributed by atoms with E-state index in [1.165, 1.54) is 17.0 Å². The normalized spacial score (nSPS) is 13.7. The van der Waals surface area contributed by atoms with Gasteiger partial charge in [-0.25, -0.2) is 9.78 Å². The zero-order valence-corrected chi connectivity index (χ0v) is 19.0. The van der Waals surface area contributed by atoms with E-state index in [1.54, 1.807) is 24.3 Å². The summed E-state index contributed by atoms with van der Waals surface area (Å²) in [5.74, 6) is 0.138. The number of nitrogens with one attached hydrogen (secondary N) is 2. The second kappa shape index (κ2) is 10.5. The Kier molecular flexibility index (Phi) is 7.24. The fraction of sp³-hybridized carbons (Fsp3) is 0.261. The predicted octanol–water partition coefficient (Wildman–Crippen LogP) is 4.72. The highest BCUT2D eigenvalue weighted by Crippen LogP contribution is 2.20. The summed E-state index contributed by atoms with van der Waals surface area (Å²) in [6.07, 6.45) is 0.953. The Morgan fingerprint density at radius 2 is 1.78 bits per heavy atom. The van der Waals surface area contributed by atoms with Gasteiger partial charge in [-0.05, 0) is 36.8 Å². The van der Waals surface area contributed by atoms with Crippen LogP contribution in [0.4, 0.5) is 21.3 Å². The van der Waals surface area contributed by atoms with Crippen LogP contribution < -0.4 is 15.5 Å². The highest BCUT2D eigenvalue weighted by atomic mass is 35.5. The van der Waals surface area contributed by atoms with Gasteiger partial charge >= 0.3 is 6.03 Å². The molecule has 0 aliphatic carbocycles. The number of aromatic nitrogens is 1. The zero-order valence-electron chi connectivity index (χ0n) is 17.5. The third-order valence-electron chi connectivity index (χ3n) is 5.20. The molecule has 1 fully saturated rings. The summed E-state index contributed by atoms with van der Waals surface area (Å²) in [7, 11) is 0. The highest BCUT2D eigenvalue weighted by Gasteiger charge is 2.21. The summed E-state index contributed by atoms with van der Waals surface area (Å²) in [4.78, 5) is 33.4. The van der Waals surface area contributed by atoms with E-state index in [4.69, 9.17) is 11.6 Å². The molecule has 3 aromatic rings. The molecular weight excluding hydrogens is 446 g/mol. The van der Waals surface area contributed by atoms with Crippen molar-refractivity contribution < 1.29 is 9.59 Å². The summed E-state index contributed by atoms with van der Waals surface area (Å²) in [6.45, 7) is 3.12. The number of hydrogen-bond donors (Lipinski definition) is 2. The number of hydrogen-bond acceptors (Lipinski definition) is 5. The van der Waals surface area contributed by atoms with Crippen molar-refractivity contribution in [2.75, 3.05) is 41.7 Å². The first-order valence-corrected chi connectivity index (χ1v) is 11.7. The minimum atomic E-state index is -0.388. The molecule has 0 atom stereocenters. The number of nitrogens with zero attached hydrogens (tertiary/aromatic N) is 3. The minimum absolute atomic E-state index is 0.138. The predicted molar refractivity (Wildman–Crippen MR) is 130 cm³/mol. The van der Waals surface area contributed by atoms with Crippen LogP contribution in [-0.4, -0.2) is 48.0 Å². The van der Waals surface area contributed by atoms with Crippen molar-refractivity contribution in [2.24, 2.45) is 0 Å². The lowest BCUT2D eigenvalue weighted by atomic mass is 10.2. The Hall–Kier alpha value is -3.10. The lowest BCUT2D eigenvalue weighted by Gasteiger charge is -2.36. The van der Waals surface area contributed by atoms with Crippen LogP contribution in [0.15, 0.2) is 60.0 Å². The molecule has 1 aliphatic rings. The van der Waals surface area contributed by atoms with Gasteiger partial charge < -0.3 is 15.1 Å². The van der Waals surface area contributed by atoms with E-state index in [2.05, 4.69) is 32.7 Å². The molecule has 0 bridgehead atoms. The lowest BCUT2D eigenvalue weighted by molar-refractivity contribution is -0.131. The number of carbonyl (C=O) groups excluding carboxylic acids is 2. The van der Waals surface area contributed by atoms with Crippen molar-refractivity contribution >= 4 is 51.4 Å². The summed E-state index contributed by atoms with van der Waals surface area (Å²) in [5, 5.41) is 8.34. The van der Waals surface area contributed by atoms with Crippen LogP contribution in [0.5, 0.6) is 0 Å². The third kappa shape index (κ3) is 5.99. The smallest absolute Gasteiger partial charge is 0.325 e. The van der Waals surface area contributed by atoms with Crippen LogP contribution in [0.3, 0.4) is 0 Å². The summed E-state index contributed by atoms with van der Waals surface area (Å²) in [5.41, 5.74) is 2.59. The second-order valence-electron chi connectivity index (χ2n) is 7.44. The molecule has 0 unspecified atom stereocenters. The first-order valence-electron chi connectivity index (χ1n) is 10.4. The van der Waals surface area contributed by atoms with Gasteiger partial charge in [0.1, 0.15) is 0 Å². The number of thiazole rings is 1. The van der Waals surface area contributed by atoms with Gasteiger partial charge in [-0.2, -0.15) is 0 Å². The number of urea groups is 1. The summed E-state index contributed by atoms with van der Waals surface area (Å²) < 4.78 is 0. The average Bonchev–Trinajstić information content (AvgIpc) is 3.25. The van der Waals surface area contributed by atoms with E-state index in [0.717, 1.165) is 31.9 Å². The van der Waals surface area contributed by atoms with Crippen LogP contribution in [0.25, 0.3) is 0 Å². The maximum absolute atomic E-state index is 12.6. The highest BCUT2D eigenvalue weighted by molar-refractivity contribution is 7.13. The average molecular weight is 470 g/mol. The first-order chi connectivity index (χ1) is 15.6. The number of carbonyl (C=O) groups is 2. The Balaban J connectivity index is 1.21. The molecule has 0 radical (unpaired) electrons. The number of anilines is 3. The van der Waals surface area contributed by atoms with Gasteiger partial charge in [0.15, 0.2) is 5.13 Å². The van der Waals surface area contributed by atoms with Crippen LogP contribution in [0.1, 0.15) is 12.1 Å². The number of benzene rings is 2. The second-order valence-corrected chi connectivity index (χ2v) is 8.73. The molecule has 2 N–H and O–H groups in total. The molecule has 32 heavy (non-hydrogen) atoms. The molecule has 1 aromatic heterocycles. The Bertz CT molecular complexity index is 1070. The summed E-state index contributed by atoms with van der Waals surface area (Å²) >= 11 is 7.26. The monoisotopic (exact) mass is 469 g/mol. The van der Waals surface area contributed by atoms with Crippen LogP contribution in [-0.2, 0) is 11.2 Å². The number of para-hydroxylation sites is 1. The summed E-state index contributed by atoms with van der Waals surface area (Å²) in [6, 6.07) is 16.8. The van der Waals surface area contributed by atoms with E-state index in [1.807, 2.05) is 28.5 Å². The molecule has 1 aliphatic heterocycles. The Morgan fingerprint density at radius 3 is 2.53 bits per heavy atom. The van der Waals surface area contributed by atoms with Crippen molar-refractivity contribution in [2.45, 2.75) is 12.8 Å². The molecule has 2 heterocycles. The van der Waals surface area contributed by atoms with Crippen molar-refractivity contribution in [3.63, 3.8) is 0 Å². The van der Waals surface area contributed by atoms with E-state index >= 15 is 0 Å². The van der Waals surface area contributed by atoms with Crippen molar-refractivity contribution in [3.05, 3.63) is 70.7 Å². The Labute approximate surface area is 196 Å². The van der Waals surface area contributed by atoms with Gasteiger partial charge in [0.25, 0.3) is 0 Å². The van der Waals surface area contributed by atoms with Crippen LogP contribution in [0, 0.1) is 0 Å². The van der Waals surface area contributed by atoms with Gasteiger partial charge in [-0.3, -0.25) is 10.1 Å². The topological polar surface area (TPSA) is 77.6 Å². The maximum Gasteiger partial charge on any atom is 0.325 e. The zero-order chi connectivity index (χ0) is 22.3. The van der Waals surface area contributed by atoms with Gasteiger partial charge in [-0.15, -0.1) is 11.3 Å². The van der Waals surface area contributed by atoms with Gasteiger partial charge in [0.2, 0.25) is 5.91 Å². The van der Waals surface area contributed by atoms with Gasteiger partial charge in [0, 0.05) is 54.4 Å². The van der Waals surface area contributed by atoms with Crippen LogP contribution >= 0.6 is 22.9 Å². The molecule has 3 amide bonds. The van der Waals surface area contributed by atoms with E-state index < -0.39 is 0 Å². The van der Waals surface area contributed by atoms with E-state index in [9.17, 15) is 9.59 Å².